The summed E-state index contributed by atoms with van der Waals surface area (Å²) < 4.78 is 5.20. The van der Waals surface area contributed by atoms with Gasteiger partial charge in [0, 0.05) is 19.5 Å². The molecule has 0 fully saturated rings. The van der Waals surface area contributed by atoms with E-state index in [1.807, 2.05) is 54.6 Å². The number of H-pyrrole nitrogens is 1. The van der Waals surface area contributed by atoms with Crippen LogP contribution in [-0.4, -0.2) is 29.3 Å². The number of methoxy groups -OCH3 is 1. The Morgan fingerprint density at radius 3 is 2.64 bits per heavy atom. The van der Waals surface area contributed by atoms with Crippen molar-refractivity contribution in [2.75, 3.05) is 24.3 Å². The van der Waals surface area contributed by atoms with E-state index in [-0.39, 0.29) is 5.56 Å². The van der Waals surface area contributed by atoms with Crippen LogP contribution in [0.2, 0.25) is 0 Å². The largest absolute Gasteiger partial charge is 0.497 e. The summed E-state index contributed by atoms with van der Waals surface area (Å²) >= 11 is 0. The lowest BCUT2D eigenvalue weighted by Gasteiger charge is -2.09. The van der Waals surface area contributed by atoms with Crippen molar-refractivity contribution in [1.29, 1.82) is 0 Å². The first-order valence-electron chi connectivity index (χ1n) is 9.11. The number of nitrogens with one attached hydrogen (secondary N) is 3. The molecule has 1 aliphatic rings. The normalized spacial score (nSPS) is 13.0. The fourth-order valence-electron chi connectivity index (χ4n) is 3.04. The number of ether oxygens (including phenoxy) is 1. The van der Waals surface area contributed by atoms with Crippen molar-refractivity contribution >= 4 is 23.2 Å². The summed E-state index contributed by atoms with van der Waals surface area (Å²) in [6, 6.07) is 17.6. The average molecular weight is 375 g/mol. The topological polar surface area (TPSA) is 91.4 Å². The molecule has 7 heteroatoms. The van der Waals surface area contributed by atoms with E-state index in [2.05, 4.69) is 25.6 Å². The predicted molar refractivity (Wildman–Crippen MR) is 111 cm³/mol. The number of rotatable bonds is 5. The van der Waals surface area contributed by atoms with Crippen LogP contribution in [0.15, 0.2) is 64.4 Å². The highest BCUT2D eigenvalue weighted by molar-refractivity contribution is 6.03. The van der Waals surface area contributed by atoms with Crippen LogP contribution in [0.1, 0.15) is 17.5 Å². The molecular weight excluding hydrogens is 354 g/mol. The van der Waals surface area contributed by atoms with Crippen molar-refractivity contribution < 1.29 is 4.74 Å². The number of anilines is 2. The SMILES string of the molecule is COc1ccc(C2=Nc3c(nc(NCc4ccccc4)[nH]c3=O)NCC2)cc1. The van der Waals surface area contributed by atoms with Gasteiger partial charge >= 0.3 is 0 Å². The van der Waals surface area contributed by atoms with Crippen molar-refractivity contribution in [2.24, 2.45) is 4.99 Å². The molecule has 0 atom stereocenters. The van der Waals surface area contributed by atoms with Gasteiger partial charge in [-0.25, -0.2) is 4.99 Å². The van der Waals surface area contributed by atoms with Gasteiger partial charge in [-0.3, -0.25) is 9.78 Å². The van der Waals surface area contributed by atoms with Crippen molar-refractivity contribution in [1.82, 2.24) is 9.97 Å². The highest BCUT2D eigenvalue weighted by Crippen LogP contribution is 2.24. The number of benzene rings is 2. The van der Waals surface area contributed by atoms with Gasteiger partial charge < -0.3 is 15.4 Å². The third kappa shape index (κ3) is 3.88. The van der Waals surface area contributed by atoms with Crippen LogP contribution < -0.4 is 20.9 Å². The predicted octanol–water partition coefficient (Wildman–Crippen LogP) is 3.33. The maximum Gasteiger partial charge on any atom is 0.280 e. The van der Waals surface area contributed by atoms with Crippen LogP contribution in [0, 0.1) is 0 Å². The van der Waals surface area contributed by atoms with E-state index in [0.717, 1.165) is 22.6 Å². The molecule has 0 unspecified atom stereocenters. The Hall–Kier alpha value is -3.61. The van der Waals surface area contributed by atoms with Gasteiger partial charge in [-0.15, -0.1) is 0 Å². The fourth-order valence-corrected chi connectivity index (χ4v) is 3.04. The van der Waals surface area contributed by atoms with Crippen LogP contribution in [0.25, 0.3) is 0 Å². The van der Waals surface area contributed by atoms with Gasteiger partial charge in [0.2, 0.25) is 5.95 Å². The Morgan fingerprint density at radius 1 is 1.11 bits per heavy atom. The first-order chi connectivity index (χ1) is 13.7. The smallest absolute Gasteiger partial charge is 0.280 e. The second-order valence-electron chi connectivity index (χ2n) is 6.41. The third-order valence-corrected chi connectivity index (χ3v) is 4.52. The van der Waals surface area contributed by atoms with Crippen LogP contribution >= 0.6 is 0 Å². The van der Waals surface area contributed by atoms with Gasteiger partial charge in [0.25, 0.3) is 5.56 Å². The van der Waals surface area contributed by atoms with Gasteiger partial charge in [-0.1, -0.05) is 30.3 Å². The molecule has 4 rings (SSSR count). The molecule has 0 aliphatic carbocycles. The van der Waals surface area contributed by atoms with Gasteiger partial charge in [0.05, 0.1) is 12.8 Å². The van der Waals surface area contributed by atoms with E-state index < -0.39 is 0 Å². The van der Waals surface area contributed by atoms with Crippen LogP contribution in [0.3, 0.4) is 0 Å². The Morgan fingerprint density at radius 2 is 1.89 bits per heavy atom. The molecule has 0 bridgehead atoms. The lowest BCUT2D eigenvalue weighted by molar-refractivity contribution is 0.415. The van der Waals surface area contributed by atoms with E-state index in [0.29, 0.717) is 37.0 Å². The quantitative estimate of drug-likeness (QED) is 0.636. The minimum Gasteiger partial charge on any atom is -0.497 e. The minimum atomic E-state index is -0.277. The number of aliphatic imine (C=N–C) groups is 1. The number of fused-ring (bicyclic) bond motifs is 1. The Balaban J connectivity index is 1.60. The van der Waals surface area contributed by atoms with E-state index in [1.165, 1.54) is 0 Å². The van der Waals surface area contributed by atoms with Crippen molar-refractivity contribution in [3.63, 3.8) is 0 Å². The summed E-state index contributed by atoms with van der Waals surface area (Å²) in [6.45, 7) is 1.22. The standard InChI is InChI=1S/C21H21N5O2/c1-28-16-9-7-15(8-10-16)17-11-12-22-19-18(24-17)20(27)26-21(25-19)23-13-14-5-3-2-4-6-14/h2-10H,11-13H2,1H3,(H3,22,23,25,26,27). The lowest BCUT2D eigenvalue weighted by atomic mass is 10.1. The molecule has 3 N–H and O–H groups in total. The van der Waals surface area contributed by atoms with Gasteiger partial charge in [0.15, 0.2) is 11.5 Å². The van der Waals surface area contributed by atoms with E-state index >= 15 is 0 Å². The first-order valence-corrected chi connectivity index (χ1v) is 9.11. The number of nitrogens with zero attached hydrogens (tertiary/aromatic N) is 2. The third-order valence-electron chi connectivity index (χ3n) is 4.52. The molecule has 142 valence electrons. The van der Waals surface area contributed by atoms with Crippen molar-refractivity contribution in [3.8, 4) is 5.75 Å². The van der Waals surface area contributed by atoms with E-state index in [4.69, 9.17) is 4.74 Å². The fraction of sp³-hybridized carbons (Fsp3) is 0.190. The van der Waals surface area contributed by atoms with Crippen molar-refractivity contribution in [3.05, 3.63) is 76.1 Å². The summed E-state index contributed by atoms with van der Waals surface area (Å²) in [5.41, 5.74) is 2.93. The zero-order valence-electron chi connectivity index (χ0n) is 15.5. The number of aromatic nitrogens is 2. The first kappa shape index (κ1) is 17.8. The van der Waals surface area contributed by atoms with E-state index in [1.54, 1.807) is 7.11 Å². The molecule has 0 spiro atoms. The molecule has 2 heterocycles. The molecule has 0 amide bonds. The molecule has 7 nitrogen and oxygen atoms in total. The minimum absolute atomic E-state index is 0.277. The van der Waals surface area contributed by atoms with Crippen LogP contribution in [0.4, 0.5) is 17.5 Å². The molecule has 1 aliphatic heterocycles. The molecule has 0 radical (unpaired) electrons. The maximum atomic E-state index is 12.6. The van der Waals surface area contributed by atoms with Gasteiger partial charge in [-0.2, -0.15) is 4.98 Å². The summed E-state index contributed by atoms with van der Waals surface area (Å²) in [5.74, 6) is 1.69. The van der Waals surface area contributed by atoms with Gasteiger partial charge in [-0.05, 0) is 35.4 Å². The van der Waals surface area contributed by atoms with Crippen molar-refractivity contribution in [2.45, 2.75) is 13.0 Å². The zero-order valence-corrected chi connectivity index (χ0v) is 15.5. The monoisotopic (exact) mass is 375 g/mol. The second kappa shape index (κ2) is 7.96. The molecule has 0 saturated heterocycles. The molecule has 2 aromatic carbocycles. The number of aromatic amines is 1. The summed E-state index contributed by atoms with van der Waals surface area (Å²) in [7, 11) is 1.63. The average Bonchev–Trinajstić information content (AvgIpc) is 2.96. The number of hydrogen-bond acceptors (Lipinski definition) is 6. The van der Waals surface area contributed by atoms with E-state index in [9.17, 15) is 4.79 Å². The summed E-state index contributed by atoms with van der Waals surface area (Å²) in [5, 5.41) is 6.38. The van der Waals surface area contributed by atoms with Crippen LogP contribution in [0.5, 0.6) is 5.75 Å². The lowest BCUT2D eigenvalue weighted by Crippen LogP contribution is -2.15. The molecule has 1 aromatic heterocycles. The Kier molecular flexibility index (Phi) is 5.05. The van der Waals surface area contributed by atoms with Crippen LogP contribution in [-0.2, 0) is 6.54 Å². The summed E-state index contributed by atoms with van der Waals surface area (Å²) in [6.07, 6.45) is 0.689. The Labute approximate surface area is 162 Å². The maximum absolute atomic E-state index is 12.6. The number of hydrogen-bond donors (Lipinski definition) is 3. The highest BCUT2D eigenvalue weighted by atomic mass is 16.5. The Bertz CT molecular complexity index is 1040. The summed E-state index contributed by atoms with van der Waals surface area (Å²) in [4.78, 5) is 24.5. The molecule has 0 saturated carbocycles. The highest BCUT2D eigenvalue weighted by Gasteiger charge is 2.17. The second-order valence-corrected chi connectivity index (χ2v) is 6.41. The zero-order chi connectivity index (χ0) is 19.3. The molecule has 3 aromatic rings. The molecule has 28 heavy (non-hydrogen) atoms. The van der Waals surface area contributed by atoms with Gasteiger partial charge in [0.1, 0.15) is 5.75 Å². The molecular formula is C21H21N5O2.